The SMILES string of the molecule is [O-]C1=c2ccccc2=N/C1=C1/N=c2ccccc2=C1[O-]. The molecule has 0 spiro atoms. The summed E-state index contributed by atoms with van der Waals surface area (Å²) in [6.45, 7) is 0. The summed E-state index contributed by atoms with van der Waals surface area (Å²) in [6.07, 6.45) is 0. The second-order valence-electron chi connectivity index (χ2n) is 4.61. The predicted molar refractivity (Wildman–Crippen MR) is 68.3 cm³/mol. The summed E-state index contributed by atoms with van der Waals surface area (Å²) < 4.78 is 0. The summed E-state index contributed by atoms with van der Waals surface area (Å²) in [7, 11) is 0. The van der Waals surface area contributed by atoms with Crippen LogP contribution in [0.5, 0.6) is 0 Å². The largest absolute Gasteiger partial charge is 0.870 e. The van der Waals surface area contributed by atoms with Crippen LogP contribution >= 0.6 is 0 Å². The van der Waals surface area contributed by atoms with Gasteiger partial charge in [-0.3, -0.25) is 0 Å². The molecular weight excluding hydrogens is 252 g/mol. The van der Waals surface area contributed by atoms with Crippen LogP contribution in [0.2, 0.25) is 0 Å². The summed E-state index contributed by atoms with van der Waals surface area (Å²) in [4.78, 5) is 8.53. The quantitative estimate of drug-likeness (QED) is 0.539. The van der Waals surface area contributed by atoms with E-state index in [4.69, 9.17) is 0 Å². The second kappa shape index (κ2) is 3.81. The third-order valence-corrected chi connectivity index (χ3v) is 3.42. The summed E-state index contributed by atoms with van der Waals surface area (Å²) in [6, 6.07) is 14.1. The van der Waals surface area contributed by atoms with Crippen LogP contribution in [-0.4, -0.2) is 0 Å². The van der Waals surface area contributed by atoms with Gasteiger partial charge >= 0.3 is 0 Å². The van der Waals surface area contributed by atoms with Gasteiger partial charge in [0.25, 0.3) is 0 Å². The van der Waals surface area contributed by atoms with Crippen LogP contribution in [0.3, 0.4) is 0 Å². The van der Waals surface area contributed by atoms with Crippen molar-refractivity contribution in [3.8, 4) is 0 Å². The maximum absolute atomic E-state index is 12.3. The Hall–Kier alpha value is -2.88. The molecule has 4 nitrogen and oxygen atoms in total. The molecule has 0 amide bonds. The van der Waals surface area contributed by atoms with E-state index in [-0.39, 0.29) is 22.9 Å². The molecule has 4 rings (SSSR count). The minimum absolute atomic E-state index is 0.146. The van der Waals surface area contributed by atoms with E-state index in [1.807, 2.05) is 12.1 Å². The zero-order chi connectivity index (χ0) is 13.7. The number of benzene rings is 2. The first-order valence-corrected chi connectivity index (χ1v) is 6.21. The van der Waals surface area contributed by atoms with Crippen molar-refractivity contribution >= 4 is 11.5 Å². The Bertz CT molecular complexity index is 933. The van der Waals surface area contributed by atoms with Crippen molar-refractivity contribution < 1.29 is 10.2 Å². The monoisotopic (exact) mass is 260 g/mol. The van der Waals surface area contributed by atoms with Gasteiger partial charge in [-0.25, -0.2) is 9.98 Å². The molecule has 2 aromatic carbocycles. The van der Waals surface area contributed by atoms with Gasteiger partial charge in [0.05, 0.1) is 22.1 Å². The van der Waals surface area contributed by atoms with Crippen LogP contribution in [-0.2, 0) is 0 Å². The van der Waals surface area contributed by atoms with Crippen molar-refractivity contribution in [3.63, 3.8) is 0 Å². The molecule has 0 saturated carbocycles. The highest BCUT2D eigenvalue weighted by molar-refractivity contribution is 5.70. The van der Waals surface area contributed by atoms with Crippen LogP contribution in [0, 0.1) is 0 Å². The van der Waals surface area contributed by atoms with Gasteiger partial charge in [0.1, 0.15) is 0 Å². The smallest absolute Gasteiger partial charge is 0.0816 e. The van der Waals surface area contributed by atoms with Gasteiger partial charge in [-0.15, -0.1) is 0 Å². The molecule has 20 heavy (non-hydrogen) atoms. The van der Waals surface area contributed by atoms with E-state index < -0.39 is 0 Å². The molecule has 0 bridgehead atoms. The number of fused-ring (bicyclic) bond motifs is 2. The topological polar surface area (TPSA) is 70.8 Å². The summed E-state index contributed by atoms with van der Waals surface area (Å²) in [5.41, 5.74) is 0.291. The number of hydrogen-bond acceptors (Lipinski definition) is 4. The van der Waals surface area contributed by atoms with E-state index in [9.17, 15) is 10.2 Å². The fourth-order valence-corrected chi connectivity index (χ4v) is 2.44. The highest BCUT2D eigenvalue weighted by Gasteiger charge is 2.13. The van der Waals surface area contributed by atoms with Gasteiger partial charge in [-0.2, -0.15) is 0 Å². The second-order valence-corrected chi connectivity index (χ2v) is 4.61. The zero-order valence-electron chi connectivity index (χ0n) is 10.3. The Labute approximate surface area is 113 Å². The normalized spacial score (nSPS) is 19.4. The molecule has 0 fully saturated rings. The Morgan fingerprint density at radius 3 is 1.40 bits per heavy atom. The van der Waals surface area contributed by atoms with E-state index in [0.29, 0.717) is 21.2 Å². The Balaban J connectivity index is 2.10. The highest BCUT2D eigenvalue weighted by atomic mass is 16.3. The summed E-state index contributed by atoms with van der Waals surface area (Å²) >= 11 is 0. The Kier molecular flexibility index (Phi) is 2.09. The molecule has 0 atom stereocenters. The van der Waals surface area contributed by atoms with Crippen molar-refractivity contribution in [1.29, 1.82) is 0 Å². The molecule has 2 heterocycles. The maximum atomic E-state index is 12.3. The van der Waals surface area contributed by atoms with Crippen LogP contribution in [0.4, 0.5) is 0 Å². The standard InChI is InChI=1S/C16H10N2O2/c19-15-9-5-1-3-7-11(9)17-13(15)14-16(20)10-6-2-4-8-12(10)18-14/h1-8,19-20H/p-2/b14-13+. The molecule has 0 N–H and O–H groups in total. The molecule has 2 aliphatic rings. The Morgan fingerprint density at radius 2 is 1.00 bits per heavy atom. The molecule has 0 aromatic heterocycles. The number of rotatable bonds is 0. The molecule has 0 aliphatic carbocycles. The lowest BCUT2D eigenvalue weighted by Crippen LogP contribution is -2.26. The average molecular weight is 260 g/mol. The van der Waals surface area contributed by atoms with E-state index in [0.717, 1.165) is 0 Å². The van der Waals surface area contributed by atoms with Crippen LogP contribution in [0.15, 0.2) is 69.9 Å². The van der Waals surface area contributed by atoms with Gasteiger partial charge in [0, 0.05) is 0 Å². The zero-order valence-corrected chi connectivity index (χ0v) is 10.3. The first kappa shape index (κ1) is 11.0. The van der Waals surface area contributed by atoms with Gasteiger partial charge in [-0.05, 0) is 22.6 Å². The first-order chi connectivity index (χ1) is 9.75. The number of hydrogen-bond donors (Lipinski definition) is 0. The van der Waals surface area contributed by atoms with E-state index in [2.05, 4.69) is 9.98 Å². The van der Waals surface area contributed by atoms with Gasteiger partial charge in [-0.1, -0.05) is 47.9 Å². The third kappa shape index (κ3) is 1.36. The third-order valence-electron chi connectivity index (χ3n) is 3.42. The predicted octanol–water partition coefficient (Wildman–Crippen LogP) is -2.20. The summed E-state index contributed by atoms with van der Waals surface area (Å²) in [5.74, 6) is -0.471. The highest BCUT2D eigenvalue weighted by Crippen LogP contribution is 2.20. The average Bonchev–Trinajstić information content (AvgIpc) is 2.98. The molecule has 0 radical (unpaired) electrons. The molecule has 2 aromatic rings. The number of para-hydroxylation sites is 2. The molecule has 0 unspecified atom stereocenters. The van der Waals surface area contributed by atoms with Gasteiger partial charge < -0.3 is 10.2 Å². The van der Waals surface area contributed by atoms with Crippen LogP contribution < -0.4 is 31.4 Å². The fraction of sp³-hybridized carbons (Fsp3) is 0. The van der Waals surface area contributed by atoms with Crippen molar-refractivity contribution in [1.82, 2.24) is 0 Å². The van der Waals surface area contributed by atoms with Crippen molar-refractivity contribution in [2.45, 2.75) is 0 Å². The van der Waals surface area contributed by atoms with Crippen molar-refractivity contribution in [3.05, 3.63) is 81.1 Å². The fourth-order valence-electron chi connectivity index (χ4n) is 2.44. The Morgan fingerprint density at radius 1 is 0.600 bits per heavy atom. The molecule has 0 saturated heterocycles. The molecule has 4 heteroatoms. The number of nitrogens with zero attached hydrogens (tertiary/aromatic N) is 2. The lowest BCUT2D eigenvalue weighted by Gasteiger charge is -2.15. The van der Waals surface area contributed by atoms with Crippen molar-refractivity contribution in [2.24, 2.45) is 9.98 Å². The maximum Gasteiger partial charge on any atom is 0.0816 e. The van der Waals surface area contributed by atoms with Gasteiger partial charge in [0.2, 0.25) is 0 Å². The van der Waals surface area contributed by atoms with Crippen LogP contribution in [0.1, 0.15) is 0 Å². The first-order valence-electron chi connectivity index (χ1n) is 6.21. The van der Waals surface area contributed by atoms with Crippen LogP contribution in [0.25, 0.3) is 11.5 Å². The lowest BCUT2D eigenvalue weighted by molar-refractivity contribution is -0.249. The minimum Gasteiger partial charge on any atom is -0.870 e. The summed E-state index contributed by atoms with van der Waals surface area (Å²) in [5, 5.41) is 26.9. The van der Waals surface area contributed by atoms with E-state index in [1.165, 1.54) is 0 Å². The minimum atomic E-state index is -0.236. The van der Waals surface area contributed by atoms with Gasteiger partial charge in [0.15, 0.2) is 0 Å². The molecular formula is C16H8N2O2-2. The van der Waals surface area contributed by atoms with E-state index >= 15 is 0 Å². The molecule has 96 valence electrons. The van der Waals surface area contributed by atoms with E-state index in [1.54, 1.807) is 36.4 Å². The van der Waals surface area contributed by atoms with Crippen molar-refractivity contribution in [2.75, 3.05) is 0 Å². The lowest BCUT2D eigenvalue weighted by atomic mass is 10.2. The molecule has 2 aliphatic heterocycles.